The summed E-state index contributed by atoms with van der Waals surface area (Å²) in [6, 6.07) is 3.80. The number of aliphatic hydroxyl groups is 1. The number of nitrogens with two attached hydrogens (primary N) is 1. The first-order valence-corrected chi connectivity index (χ1v) is 6.79. The van der Waals surface area contributed by atoms with Crippen LogP contribution in [0.25, 0.3) is 11.0 Å². The van der Waals surface area contributed by atoms with E-state index in [1.165, 1.54) is 11.1 Å². The van der Waals surface area contributed by atoms with Gasteiger partial charge in [-0.2, -0.15) is 0 Å². The molecule has 1 aromatic heterocycles. The van der Waals surface area contributed by atoms with Gasteiger partial charge in [0.15, 0.2) is 0 Å². The van der Waals surface area contributed by atoms with Crippen LogP contribution in [0.2, 0.25) is 0 Å². The molecule has 0 fully saturated rings. The van der Waals surface area contributed by atoms with Gasteiger partial charge in [-0.1, -0.05) is 13.8 Å². The highest BCUT2D eigenvalue weighted by atomic mass is 16.3. The molecule has 104 valence electrons. The van der Waals surface area contributed by atoms with Crippen molar-refractivity contribution in [3.05, 3.63) is 29.1 Å². The lowest BCUT2D eigenvalue weighted by Gasteiger charge is -2.18. The molecule has 0 saturated carbocycles. The van der Waals surface area contributed by atoms with Gasteiger partial charge in [0.2, 0.25) is 0 Å². The third-order valence-corrected chi connectivity index (χ3v) is 3.54. The molecular formula is C15H23N3O. The molecule has 0 bridgehead atoms. The molecule has 0 amide bonds. The minimum atomic E-state index is -0.740. The van der Waals surface area contributed by atoms with E-state index >= 15 is 0 Å². The molecule has 0 spiro atoms. The van der Waals surface area contributed by atoms with Crippen LogP contribution in [0.5, 0.6) is 0 Å². The van der Waals surface area contributed by atoms with Gasteiger partial charge >= 0.3 is 0 Å². The van der Waals surface area contributed by atoms with Crippen molar-refractivity contribution >= 4 is 11.0 Å². The monoisotopic (exact) mass is 261 g/mol. The molecule has 19 heavy (non-hydrogen) atoms. The maximum Gasteiger partial charge on any atom is 0.137 e. The van der Waals surface area contributed by atoms with Gasteiger partial charge in [0.05, 0.1) is 11.0 Å². The summed E-state index contributed by atoms with van der Waals surface area (Å²) in [4.78, 5) is 7.63. The number of aliphatic hydroxyl groups excluding tert-OH is 1. The number of hydrogen-bond acceptors (Lipinski definition) is 3. The normalized spacial score (nSPS) is 15.1. The van der Waals surface area contributed by atoms with Gasteiger partial charge in [0.25, 0.3) is 0 Å². The zero-order chi connectivity index (χ0) is 14.2. The standard InChI is InChI=1S/C15H23N3O/c1-8(2)5-11(16)14(19)15-17-12-6-9(3)10(4)7-13(12)18-15/h6-8,11,14,19H,5,16H2,1-4H3,(H,17,18)/t11-,14?/m1/s1. The van der Waals surface area contributed by atoms with Crippen LogP contribution in [0.3, 0.4) is 0 Å². The Hall–Kier alpha value is -1.39. The second kappa shape index (κ2) is 5.31. The van der Waals surface area contributed by atoms with Crippen LogP contribution in [-0.4, -0.2) is 21.1 Å². The van der Waals surface area contributed by atoms with Crippen LogP contribution < -0.4 is 5.73 Å². The number of fused-ring (bicyclic) bond motifs is 1. The molecule has 0 aliphatic rings. The maximum atomic E-state index is 10.3. The van der Waals surface area contributed by atoms with E-state index in [0.29, 0.717) is 11.7 Å². The summed E-state index contributed by atoms with van der Waals surface area (Å²) in [5, 5.41) is 10.3. The van der Waals surface area contributed by atoms with Crippen molar-refractivity contribution in [2.75, 3.05) is 0 Å². The number of nitrogens with zero attached hydrogens (tertiary/aromatic N) is 1. The van der Waals surface area contributed by atoms with E-state index in [2.05, 4.69) is 43.7 Å². The van der Waals surface area contributed by atoms with E-state index in [-0.39, 0.29) is 6.04 Å². The van der Waals surface area contributed by atoms with Gasteiger partial charge < -0.3 is 15.8 Å². The molecule has 1 aromatic carbocycles. The van der Waals surface area contributed by atoms with Crippen LogP contribution in [0.15, 0.2) is 12.1 Å². The molecule has 2 aromatic rings. The summed E-state index contributed by atoms with van der Waals surface area (Å²) in [6.07, 6.45) is 0.0337. The van der Waals surface area contributed by atoms with Gasteiger partial charge in [0, 0.05) is 6.04 Å². The molecule has 0 saturated heterocycles. The number of nitrogens with one attached hydrogen (secondary N) is 1. The zero-order valence-electron chi connectivity index (χ0n) is 12.1. The van der Waals surface area contributed by atoms with E-state index < -0.39 is 6.10 Å². The predicted molar refractivity (Wildman–Crippen MR) is 78.0 cm³/mol. The van der Waals surface area contributed by atoms with Crippen LogP contribution in [-0.2, 0) is 0 Å². The fourth-order valence-electron chi connectivity index (χ4n) is 2.31. The van der Waals surface area contributed by atoms with Gasteiger partial charge in [-0.25, -0.2) is 4.98 Å². The Morgan fingerprint density at radius 3 is 2.53 bits per heavy atom. The topological polar surface area (TPSA) is 74.9 Å². The number of hydrogen-bond donors (Lipinski definition) is 3. The van der Waals surface area contributed by atoms with Crippen LogP contribution in [0, 0.1) is 19.8 Å². The van der Waals surface area contributed by atoms with E-state index in [1.54, 1.807) is 0 Å². The van der Waals surface area contributed by atoms with E-state index in [0.717, 1.165) is 17.5 Å². The number of aromatic nitrogens is 2. The molecule has 0 aliphatic heterocycles. The predicted octanol–water partition coefficient (Wildman–Crippen LogP) is 2.59. The number of aromatic amines is 1. The molecule has 2 atom stereocenters. The third-order valence-electron chi connectivity index (χ3n) is 3.54. The van der Waals surface area contributed by atoms with Crippen molar-refractivity contribution < 1.29 is 5.11 Å². The quantitative estimate of drug-likeness (QED) is 0.792. The molecular weight excluding hydrogens is 238 g/mol. The Morgan fingerprint density at radius 2 is 1.89 bits per heavy atom. The molecule has 4 nitrogen and oxygen atoms in total. The number of benzene rings is 1. The highest BCUT2D eigenvalue weighted by molar-refractivity contribution is 5.77. The molecule has 0 radical (unpaired) electrons. The molecule has 4 heteroatoms. The third kappa shape index (κ3) is 2.96. The number of imidazole rings is 1. The molecule has 2 rings (SSSR count). The van der Waals surface area contributed by atoms with Crippen molar-refractivity contribution in [3.63, 3.8) is 0 Å². The Kier molecular flexibility index (Phi) is 3.92. The highest BCUT2D eigenvalue weighted by Crippen LogP contribution is 2.23. The number of aryl methyl sites for hydroxylation is 2. The largest absolute Gasteiger partial charge is 0.384 e. The van der Waals surface area contributed by atoms with Gasteiger partial charge in [-0.15, -0.1) is 0 Å². The Labute approximate surface area is 114 Å². The lowest BCUT2D eigenvalue weighted by atomic mass is 10.00. The maximum absolute atomic E-state index is 10.3. The Balaban J connectivity index is 2.30. The zero-order valence-corrected chi connectivity index (χ0v) is 12.1. The second-order valence-corrected chi connectivity index (χ2v) is 5.81. The second-order valence-electron chi connectivity index (χ2n) is 5.81. The number of rotatable bonds is 4. The lowest BCUT2D eigenvalue weighted by Crippen LogP contribution is -2.30. The summed E-state index contributed by atoms with van der Waals surface area (Å²) in [5.74, 6) is 1.02. The lowest BCUT2D eigenvalue weighted by molar-refractivity contribution is 0.128. The summed E-state index contributed by atoms with van der Waals surface area (Å²) in [7, 11) is 0. The van der Waals surface area contributed by atoms with Crippen molar-refractivity contribution in [2.24, 2.45) is 11.7 Å². The fraction of sp³-hybridized carbons (Fsp3) is 0.533. The van der Waals surface area contributed by atoms with Crippen molar-refractivity contribution in [3.8, 4) is 0 Å². The van der Waals surface area contributed by atoms with Crippen molar-refractivity contribution in [1.82, 2.24) is 9.97 Å². The van der Waals surface area contributed by atoms with Crippen LogP contribution in [0.1, 0.15) is 43.3 Å². The highest BCUT2D eigenvalue weighted by Gasteiger charge is 2.21. The minimum absolute atomic E-state index is 0.289. The summed E-state index contributed by atoms with van der Waals surface area (Å²) in [5.41, 5.74) is 10.3. The van der Waals surface area contributed by atoms with Crippen molar-refractivity contribution in [1.29, 1.82) is 0 Å². The Morgan fingerprint density at radius 1 is 1.26 bits per heavy atom. The first-order chi connectivity index (χ1) is 8.88. The van der Waals surface area contributed by atoms with Gasteiger partial charge in [0.1, 0.15) is 11.9 Å². The molecule has 0 aliphatic carbocycles. The summed E-state index contributed by atoms with van der Waals surface area (Å²) >= 11 is 0. The summed E-state index contributed by atoms with van der Waals surface area (Å²) < 4.78 is 0. The average molecular weight is 261 g/mol. The van der Waals surface area contributed by atoms with Gasteiger partial charge in [-0.3, -0.25) is 0 Å². The molecule has 1 unspecified atom stereocenters. The first kappa shape index (κ1) is 14.0. The van der Waals surface area contributed by atoms with Gasteiger partial charge in [-0.05, 0) is 49.4 Å². The first-order valence-electron chi connectivity index (χ1n) is 6.79. The minimum Gasteiger partial charge on any atom is -0.384 e. The van der Waals surface area contributed by atoms with Crippen molar-refractivity contribution in [2.45, 2.75) is 46.3 Å². The Bertz CT molecular complexity index is 535. The van der Waals surface area contributed by atoms with E-state index in [4.69, 9.17) is 5.73 Å². The van der Waals surface area contributed by atoms with E-state index in [1.807, 2.05) is 6.07 Å². The molecule has 1 heterocycles. The van der Waals surface area contributed by atoms with Crippen LogP contribution in [0.4, 0.5) is 0 Å². The SMILES string of the molecule is Cc1cc2nc(C(O)[C@H](N)CC(C)C)[nH]c2cc1C. The summed E-state index contributed by atoms with van der Waals surface area (Å²) in [6.45, 7) is 8.32. The average Bonchev–Trinajstić information content (AvgIpc) is 2.70. The molecule has 4 N–H and O–H groups in total. The number of H-pyrrole nitrogens is 1. The van der Waals surface area contributed by atoms with E-state index in [9.17, 15) is 5.11 Å². The smallest absolute Gasteiger partial charge is 0.137 e. The fourth-order valence-corrected chi connectivity index (χ4v) is 2.31. The van der Waals surface area contributed by atoms with Crippen LogP contribution >= 0.6 is 0 Å².